The first kappa shape index (κ1) is 18.2. The van der Waals surface area contributed by atoms with Gasteiger partial charge >= 0.3 is 0 Å². The topological polar surface area (TPSA) is 30.9 Å². The van der Waals surface area contributed by atoms with Gasteiger partial charge in [-0.25, -0.2) is 0 Å². The van der Waals surface area contributed by atoms with Crippen molar-refractivity contribution < 1.29 is 0 Å². The van der Waals surface area contributed by atoms with Crippen LogP contribution in [0.5, 0.6) is 0 Å². The summed E-state index contributed by atoms with van der Waals surface area (Å²) in [5.74, 6) is 3.20. The van der Waals surface area contributed by atoms with Crippen LogP contribution < -0.4 is 5.32 Å². The molecular formula is C21H34N4. The number of aliphatic imine (C=N–C) groups is 1. The Kier molecular flexibility index (Phi) is 6.35. The number of nitrogens with one attached hydrogen (secondary N) is 1. The van der Waals surface area contributed by atoms with Crippen molar-refractivity contribution in [2.75, 3.05) is 46.8 Å². The fraction of sp³-hybridized carbons (Fsp3) is 0.667. The van der Waals surface area contributed by atoms with Crippen molar-refractivity contribution in [1.29, 1.82) is 0 Å². The maximum absolute atomic E-state index is 4.56. The van der Waals surface area contributed by atoms with Crippen LogP contribution in [0.1, 0.15) is 37.7 Å². The third-order valence-corrected chi connectivity index (χ3v) is 6.03. The normalized spacial score (nSPS) is 26.7. The molecule has 0 aliphatic carbocycles. The molecule has 4 nitrogen and oxygen atoms in total. The minimum absolute atomic E-state index is 0.651. The second-order valence-electron chi connectivity index (χ2n) is 7.90. The molecule has 4 heteroatoms. The Labute approximate surface area is 153 Å². The van der Waals surface area contributed by atoms with E-state index >= 15 is 0 Å². The van der Waals surface area contributed by atoms with Gasteiger partial charge in [0.15, 0.2) is 5.96 Å². The molecule has 1 aromatic carbocycles. The highest BCUT2D eigenvalue weighted by molar-refractivity contribution is 5.80. The van der Waals surface area contributed by atoms with Gasteiger partial charge in [-0.2, -0.15) is 0 Å². The summed E-state index contributed by atoms with van der Waals surface area (Å²) in [6.07, 6.45) is 3.81. The Morgan fingerprint density at radius 2 is 1.84 bits per heavy atom. The Balaban J connectivity index is 1.51. The van der Waals surface area contributed by atoms with Crippen LogP contribution in [0.25, 0.3) is 0 Å². The summed E-state index contributed by atoms with van der Waals surface area (Å²) in [6, 6.07) is 11.0. The molecule has 0 radical (unpaired) electrons. The third kappa shape index (κ3) is 4.75. The molecule has 3 rings (SSSR count). The van der Waals surface area contributed by atoms with Crippen LogP contribution in [-0.2, 0) is 0 Å². The van der Waals surface area contributed by atoms with Gasteiger partial charge in [0.05, 0.1) is 0 Å². The summed E-state index contributed by atoms with van der Waals surface area (Å²) < 4.78 is 0. The van der Waals surface area contributed by atoms with Crippen molar-refractivity contribution in [3.05, 3.63) is 35.9 Å². The number of hydrogen-bond acceptors (Lipinski definition) is 2. The first-order chi connectivity index (χ1) is 12.2. The maximum Gasteiger partial charge on any atom is 0.193 e. The molecule has 1 aromatic rings. The minimum atomic E-state index is 0.651. The summed E-state index contributed by atoms with van der Waals surface area (Å²) in [5, 5.41) is 3.66. The average Bonchev–Trinajstić information content (AvgIpc) is 2.64. The fourth-order valence-electron chi connectivity index (χ4n) is 4.37. The molecule has 138 valence electrons. The van der Waals surface area contributed by atoms with Gasteiger partial charge < -0.3 is 15.1 Å². The first-order valence-electron chi connectivity index (χ1n) is 9.86. The SMILES string of the molecule is CN=C(NCC1CCN(C)CC1)N1CCC(c2ccccc2)C(C)C1. The summed E-state index contributed by atoms with van der Waals surface area (Å²) >= 11 is 0. The van der Waals surface area contributed by atoms with Crippen molar-refractivity contribution >= 4 is 5.96 Å². The monoisotopic (exact) mass is 342 g/mol. The average molecular weight is 343 g/mol. The van der Waals surface area contributed by atoms with Gasteiger partial charge in [-0.15, -0.1) is 0 Å². The molecule has 0 aromatic heterocycles. The third-order valence-electron chi connectivity index (χ3n) is 6.03. The lowest BCUT2D eigenvalue weighted by Crippen LogP contribution is -2.49. The number of benzene rings is 1. The predicted octanol–water partition coefficient (Wildman–Crippen LogP) is 3.03. The smallest absolute Gasteiger partial charge is 0.193 e. The lowest BCUT2D eigenvalue weighted by molar-refractivity contribution is 0.213. The molecule has 2 atom stereocenters. The number of nitrogens with zero attached hydrogens (tertiary/aromatic N) is 3. The maximum atomic E-state index is 4.56. The van der Waals surface area contributed by atoms with Gasteiger partial charge in [-0.3, -0.25) is 4.99 Å². The van der Waals surface area contributed by atoms with Gasteiger partial charge in [0.1, 0.15) is 0 Å². The Morgan fingerprint density at radius 1 is 1.12 bits per heavy atom. The van der Waals surface area contributed by atoms with E-state index in [4.69, 9.17) is 0 Å². The summed E-state index contributed by atoms with van der Waals surface area (Å²) in [5.41, 5.74) is 1.49. The van der Waals surface area contributed by atoms with E-state index in [1.165, 1.54) is 37.9 Å². The number of hydrogen-bond donors (Lipinski definition) is 1. The van der Waals surface area contributed by atoms with E-state index in [-0.39, 0.29) is 0 Å². The molecule has 0 saturated carbocycles. The standard InChI is InChI=1S/C21H34N4/c1-17-16-25(14-11-20(17)19-7-5-4-6-8-19)21(22-2)23-15-18-9-12-24(3)13-10-18/h4-8,17-18,20H,9-16H2,1-3H3,(H,22,23). The van der Waals surface area contributed by atoms with Crippen LogP contribution in [0.3, 0.4) is 0 Å². The summed E-state index contributed by atoms with van der Waals surface area (Å²) in [6.45, 7) is 8.08. The molecule has 0 bridgehead atoms. The van der Waals surface area contributed by atoms with Crippen LogP contribution in [0, 0.1) is 11.8 Å². The second-order valence-corrected chi connectivity index (χ2v) is 7.90. The Bertz CT molecular complexity index is 548. The molecule has 2 saturated heterocycles. The molecule has 1 N–H and O–H groups in total. The Hall–Kier alpha value is -1.55. The number of likely N-dealkylation sites (tertiary alicyclic amines) is 2. The zero-order valence-electron chi connectivity index (χ0n) is 16.1. The summed E-state index contributed by atoms with van der Waals surface area (Å²) in [4.78, 5) is 9.45. The van der Waals surface area contributed by atoms with Crippen LogP contribution in [-0.4, -0.2) is 62.6 Å². The zero-order valence-corrected chi connectivity index (χ0v) is 16.1. The molecule has 2 aliphatic rings. The van der Waals surface area contributed by atoms with Crippen LogP contribution in [0.15, 0.2) is 35.3 Å². The lowest BCUT2D eigenvalue weighted by atomic mass is 9.82. The highest BCUT2D eigenvalue weighted by atomic mass is 15.3. The lowest BCUT2D eigenvalue weighted by Gasteiger charge is -2.39. The van der Waals surface area contributed by atoms with Gasteiger partial charge in [0, 0.05) is 26.7 Å². The van der Waals surface area contributed by atoms with E-state index in [0.717, 1.165) is 31.5 Å². The van der Waals surface area contributed by atoms with Crippen LogP contribution >= 0.6 is 0 Å². The molecule has 0 amide bonds. The summed E-state index contributed by atoms with van der Waals surface area (Å²) in [7, 11) is 4.14. The van der Waals surface area contributed by atoms with Crippen molar-refractivity contribution in [3.63, 3.8) is 0 Å². The molecule has 2 fully saturated rings. The Morgan fingerprint density at radius 3 is 2.48 bits per heavy atom. The van der Waals surface area contributed by atoms with Crippen molar-refractivity contribution in [2.24, 2.45) is 16.8 Å². The minimum Gasteiger partial charge on any atom is -0.356 e. The van der Waals surface area contributed by atoms with E-state index in [1.54, 1.807) is 0 Å². The van der Waals surface area contributed by atoms with Crippen molar-refractivity contribution in [3.8, 4) is 0 Å². The van der Waals surface area contributed by atoms with Crippen LogP contribution in [0.4, 0.5) is 0 Å². The van der Waals surface area contributed by atoms with E-state index in [0.29, 0.717) is 11.8 Å². The van der Waals surface area contributed by atoms with E-state index in [9.17, 15) is 0 Å². The van der Waals surface area contributed by atoms with E-state index < -0.39 is 0 Å². The van der Waals surface area contributed by atoms with Crippen LogP contribution in [0.2, 0.25) is 0 Å². The molecule has 2 heterocycles. The fourth-order valence-corrected chi connectivity index (χ4v) is 4.37. The number of piperidine rings is 2. The highest BCUT2D eigenvalue weighted by Crippen LogP contribution is 2.32. The van der Waals surface area contributed by atoms with Crippen molar-refractivity contribution in [2.45, 2.75) is 32.1 Å². The molecular weight excluding hydrogens is 308 g/mol. The quantitative estimate of drug-likeness (QED) is 0.677. The zero-order chi connectivity index (χ0) is 17.6. The molecule has 0 spiro atoms. The van der Waals surface area contributed by atoms with E-state index in [1.807, 2.05) is 7.05 Å². The second kappa shape index (κ2) is 8.70. The van der Waals surface area contributed by atoms with Gasteiger partial charge in [-0.05, 0) is 62.7 Å². The van der Waals surface area contributed by atoms with Gasteiger partial charge in [0.25, 0.3) is 0 Å². The first-order valence-corrected chi connectivity index (χ1v) is 9.86. The largest absolute Gasteiger partial charge is 0.356 e. The predicted molar refractivity (Wildman–Crippen MR) is 106 cm³/mol. The van der Waals surface area contributed by atoms with Gasteiger partial charge in [0.2, 0.25) is 0 Å². The number of rotatable bonds is 3. The highest BCUT2D eigenvalue weighted by Gasteiger charge is 2.29. The molecule has 2 aliphatic heterocycles. The molecule has 25 heavy (non-hydrogen) atoms. The van der Waals surface area contributed by atoms with E-state index in [2.05, 4.69) is 64.4 Å². The van der Waals surface area contributed by atoms with Crippen molar-refractivity contribution in [1.82, 2.24) is 15.1 Å². The number of guanidine groups is 1. The molecule has 2 unspecified atom stereocenters. The van der Waals surface area contributed by atoms with Gasteiger partial charge in [-0.1, -0.05) is 37.3 Å².